The zero-order chi connectivity index (χ0) is 22.2. The van der Waals surface area contributed by atoms with E-state index in [4.69, 9.17) is 0 Å². The first kappa shape index (κ1) is 20.4. The van der Waals surface area contributed by atoms with Crippen LogP contribution >= 0.6 is 0 Å². The van der Waals surface area contributed by atoms with E-state index in [2.05, 4.69) is 15.1 Å². The lowest BCUT2D eigenvalue weighted by Gasteiger charge is -2.22. The molecule has 10 heteroatoms. The Morgan fingerprint density at radius 2 is 2.06 bits per heavy atom. The van der Waals surface area contributed by atoms with Crippen molar-refractivity contribution in [3.8, 4) is 17.6 Å². The largest absolute Gasteiger partial charge is 0.481 e. The van der Waals surface area contributed by atoms with Crippen molar-refractivity contribution in [3.05, 3.63) is 59.4 Å². The summed E-state index contributed by atoms with van der Waals surface area (Å²) in [6.45, 7) is 0.144. The standard InChI is InChI=1S/C21H18F2N6O2/c1-28(12-21(6-7-21)20(30)31)19-16(23)10-25-18(26-19)17-8-14(9-24)29(27-17)11-13-4-2-3-5-15(13)22/h2-5,8,10H,6-7,11-12H2,1H3,(H,30,31). The smallest absolute Gasteiger partial charge is 0.311 e. The average molecular weight is 424 g/mol. The van der Waals surface area contributed by atoms with Gasteiger partial charge in [0, 0.05) is 25.2 Å². The molecule has 0 amide bonds. The number of hydrogen-bond donors (Lipinski definition) is 1. The Labute approximate surface area is 176 Å². The quantitative estimate of drug-likeness (QED) is 0.621. The lowest BCUT2D eigenvalue weighted by Crippen LogP contribution is -2.33. The van der Waals surface area contributed by atoms with Gasteiger partial charge in [-0.05, 0) is 18.9 Å². The fraction of sp³-hybridized carbons (Fsp3) is 0.286. The third-order valence-corrected chi connectivity index (χ3v) is 5.34. The Morgan fingerprint density at radius 3 is 2.71 bits per heavy atom. The van der Waals surface area contributed by atoms with Gasteiger partial charge >= 0.3 is 5.97 Å². The minimum atomic E-state index is -0.917. The van der Waals surface area contributed by atoms with Crippen molar-refractivity contribution in [2.24, 2.45) is 5.41 Å². The first-order chi connectivity index (χ1) is 14.8. The highest BCUT2D eigenvalue weighted by Crippen LogP contribution is 2.46. The van der Waals surface area contributed by atoms with Crippen LogP contribution in [0.2, 0.25) is 0 Å². The Morgan fingerprint density at radius 1 is 1.32 bits per heavy atom. The van der Waals surface area contributed by atoms with Gasteiger partial charge in [0.2, 0.25) is 0 Å². The van der Waals surface area contributed by atoms with Crippen LogP contribution in [0, 0.1) is 28.4 Å². The molecule has 158 valence electrons. The highest BCUT2D eigenvalue weighted by Gasteiger charge is 2.51. The molecule has 2 heterocycles. The van der Waals surface area contributed by atoms with Crippen molar-refractivity contribution in [2.75, 3.05) is 18.5 Å². The Bertz CT molecular complexity index is 1200. The predicted molar refractivity (Wildman–Crippen MR) is 106 cm³/mol. The summed E-state index contributed by atoms with van der Waals surface area (Å²) in [6, 6.07) is 9.61. The molecule has 0 saturated heterocycles. The predicted octanol–water partition coefficient (Wildman–Crippen LogP) is 2.84. The summed E-state index contributed by atoms with van der Waals surface area (Å²) in [5, 5.41) is 23.1. The zero-order valence-corrected chi connectivity index (χ0v) is 16.6. The molecule has 1 aromatic carbocycles. The van der Waals surface area contributed by atoms with Crippen LogP contribution in [0.4, 0.5) is 14.6 Å². The lowest BCUT2D eigenvalue weighted by atomic mass is 10.1. The van der Waals surface area contributed by atoms with Crippen LogP contribution in [0.1, 0.15) is 24.1 Å². The van der Waals surface area contributed by atoms with Gasteiger partial charge in [0.1, 0.15) is 23.3 Å². The number of aromatic nitrogens is 4. The van der Waals surface area contributed by atoms with Crippen molar-refractivity contribution in [3.63, 3.8) is 0 Å². The number of nitriles is 1. The van der Waals surface area contributed by atoms with Gasteiger partial charge in [0.25, 0.3) is 0 Å². The van der Waals surface area contributed by atoms with Crippen LogP contribution in [0.5, 0.6) is 0 Å². The molecule has 0 unspecified atom stereocenters. The Kier molecular flexibility index (Phi) is 5.10. The topological polar surface area (TPSA) is 108 Å². The second-order valence-corrected chi connectivity index (χ2v) is 7.58. The number of anilines is 1. The van der Waals surface area contributed by atoms with E-state index >= 15 is 0 Å². The highest BCUT2D eigenvalue weighted by atomic mass is 19.1. The zero-order valence-electron chi connectivity index (χ0n) is 16.6. The second-order valence-electron chi connectivity index (χ2n) is 7.58. The van der Waals surface area contributed by atoms with Crippen LogP contribution in [-0.4, -0.2) is 44.4 Å². The van der Waals surface area contributed by atoms with Gasteiger partial charge in [-0.25, -0.2) is 23.4 Å². The first-order valence-corrected chi connectivity index (χ1v) is 9.52. The van der Waals surface area contributed by atoms with Crippen LogP contribution in [0.25, 0.3) is 11.5 Å². The molecule has 0 radical (unpaired) electrons. The van der Waals surface area contributed by atoms with Crippen LogP contribution in [0.15, 0.2) is 36.5 Å². The van der Waals surface area contributed by atoms with Crippen molar-refractivity contribution >= 4 is 11.8 Å². The summed E-state index contributed by atoms with van der Waals surface area (Å²) >= 11 is 0. The first-order valence-electron chi connectivity index (χ1n) is 9.52. The van der Waals surface area contributed by atoms with Crippen molar-refractivity contribution in [2.45, 2.75) is 19.4 Å². The molecule has 4 rings (SSSR count). The molecule has 1 fully saturated rings. The third kappa shape index (κ3) is 3.94. The Hall–Kier alpha value is -3.87. The number of carbonyl (C=O) groups is 1. The summed E-state index contributed by atoms with van der Waals surface area (Å²) in [5.41, 5.74) is -0.134. The molecule has 1 saturated carbocycles. The molecule has 1 aliphatic carbocycles. The van der Waals surface area contributed by atoms with Crippen LogP contribution in [-0.2, 0) is 11.3 Å². The lowest BCUT2D eigenvalue weighted by molar-refractivity contribution is -0.142. The highest BCUT2D eigenvalue weighted by molar-refractivity contribution is 5.78. The van der Waals surface area contributed by atoms with E-state index in [0.29, 0.717) is 18.4 Å². The van der Waals surface area contributed by atoms with E-state index < -0.39 is 23.0 Å². The summed E-state index contributed by atoms with van der Waals surface area (Å²) < 4.78 is 29.7. The minimum absolute atomic E-state index is 0.0324. The SMILES string of the molecule is CN(CC1(C(=O)O)CC1)c1nc(-c2cc(C#N)n(Cc3ccccc3F)n2)ncc1F. The number of rotatable bonds is 7. The molecule has 0 spiro atoms. The van der Waals surface area contributed by atoms with Gasteiger partial charge in [0.15, 0.2) is 17.5 Å². The molecule has 2 aromatic heterocycles. The van der Waals surface area contributed by atoms with Crippen LogP contribution < -0.4 is 4.90 Å². The van der Waals surface area contributed by atoms with Gasteiger partial charge in [-0.2, -0.15) is 10.4 Å². The summed E-state index contributed by atoms with van der Waals surface area (Å²) in [7, 11) is 1.57. The number of halogens is 2. The molecule has 0 aliphatic heterocycles. The number of carboxylic acids is 1. The minimum Gasteiger partial charge on any atom is -0.481 e. The summed E-state index contributed by atoms with van der Waals surface area (Å²) in [6.07, 6.45) is 2.03. The average Bonchev–Trinajstić information content (AvgIpc) is 3.42. The van der Waals surface area contributed by atoms with E-state index in [9.17, 15) is 23.9 Å². The normalized spacial score (nSPS) is 14.1. The number of benzene rings is 1. The number of nitrogens with zero attached hydrogens (tertiary/aromatic N) is 6. The van der Waals surface area contributed by atoms with Crippen molar-refractivity contribution in [1.82, 2.24) is 19.7 Å². The van der Waals surface area contributed by atoms with Gasteiger partial charge in [-0.15, -0.1) is 0 Å². The van der Waals surface area contributed by atoms with E-state index in [-0.39, 0.29) is 36.1 Å². The van der Waals surface area contributed by atoms with E-state index in [0.717, 1.165) is 6.20 Å². The molecular formula is C21H18F2N6O2. The number of aliphatic carboxylic acids is 1. The molecule has 8 nitrogen and oxygen atoms in total. The monoisotopic (exact) mass is 424 g/mol. The number of carboxylic acid groups (broad SMARTS) is 1. The van der Waals surface area contributed by atoms with E-state index in [1.807, 2.05) is 6.07 Å². The van der Waals surface area contributed by atoms with Gasteiger partial charge in [0.05, 0.1) is 18.2 Å². The molecule has 0 atom stereocenters. The molecule has 31 heavy (non-hydrogen) atoms. The third-order valence-electron chi connectivity index (χ3n) is 5.34. The maximum Gasteiger partial charge on any atom is 0.311 e. The van der Waals surface area contributed by atoms with Gasteiger partial charge < -0.3 is 10.0 Å². The van der Waals surface area contributed by atoms with Gasteiger partial charge in [-0.3, -0.25) is 4.79 Å². The molecule has 0 bridgehead atoms. The van der Waals surface area contributed by atoms with Crippen LogP contribution in [0.3, 0.4) is 0 Å². The fourth-order valence-electron chi connectivity index (χ4n) is 3.39. The molecule has 1 aliphatic rings. The Balaban J connectivity index is 1.64. The fourth-order valence-corrected chi connectivity index (χ4v) is 3.39. The summed E-state index contributed by atoms with van der Waals surface area (Å²) in [4.78, 5) is 21.1. The second kappa shape index (κ2) is 7.75. The maximum absolute atomic E-state index is 14.4. The maximum atomic E-state index is 14.4. The van der Waals surface area contributed by atoms with E-state index in [1.165, 1.54) is 21.7 Å². The van der Waals surface area contributed by atoms with Gasteiger partial charge in [-0.1, -0.05) is 18.2 Å². The van der Waals surface area contributed by atoms with Crippen molar-refractivity contribution < 1.29 is 18.7 Å². The van der Waals surface area contributed by atoms with E-state index in [1.54, 1.807) is 25.2 Å². The molecule has 3 aromatic rings. The molecule has 1 N–H and O–H groups in total. The molecular weight excluding hydrogens is 406 g/mol. The number of hydrogen-bond acceptors (Lipinski definition) is 6. The summed E-state index contributed by atoms with van der Waals surface area (Å²) in [5.74, 6) is -2.01. The van der Waals surface area contributed by atoms with Crippen molar-refractivity contribution in [1.29, 1.82) is 5.26 Å².